The monoisotopic (exact) mass is 407 g/mol. The van der Waals surface area contributed by atoms with Crippen molar-refractivity contribution in [2.75, 3.05) is 6.61 Å². The summed E-state index contributed by atoms with van der Waals surface area (Å²) < 4.78 is 38.8. The summed E-state index contributed by atoms with van der Waals surface area (Å²) >= 11 is 0. The van der Waals surface area contributed by atoms with Gasteiger partial charge in [0.15, 0.2) is 17.5 Å². The molecule has 0 aliphatic heterocycles. The average molecular weight is 407 g/mol. The molecule has 29 heavy (non-hydrogen) atoms. The van der Waals surface area contributed by atoms with Crippen molar-refractivity contribution >= 4 is 6.03 Å². The Kier molecular flexibility index (Phi) is 6.86. The molecule has 3 rings (SSSR count). The average Bonchev–Trinajstić information content (AvgIpc) is 2.69. The molecule has 2 heterocycles. The van der Waals surface area contributed by atoms with Crippen molar-refractivity contribution < 1.29 is 23.0 Å². The van der Waals surface area contributed by atoms with Crippen LogP contribution in [0.3, 0.4) is 0 Å². The van der Waals surface area contributed by atoms with Crippen LogP contribution in [-0.2, 0) is 4.74 Å². The summed E-state index contributed by atoms with van der Waals surface area (Å²) in [4.78, 5) is 22.4. The summed E-state index contributed by atoms with van der Waals surface area (Å²) in [5.74, 6) is -1.10. The molecule has 1 aliphatic rings. The summed E-state index contributed by atoms with van der Waals surface area (Å²) in [6.45, 7) is 2.19. The molecule has 2 aromatic rings. The van der Waals surface area contributed by atoms with E-state index in [4.69, 9.17) is 15.2 Å². The summed E-state index contributed by atoms with van der Waals surface area (Å²) in [5, 5.41) is 2.56. The largest absolute Gasteiger partial charge is 0.472 e. The van der Waals surface area contributed by atoms with Crippen LogP contribution >= 0.6 is 0 Å². The fraction of sp³-hybridized carbons (Fsp3) is 0.474. The van der Waals surface area contributed by atoms with Crippen molar-refractivity contribution in [2.24, 2.45) is 5.73 Å². The lowest BCUT2D eigenvalue weighted by Crippen LogP contribution is -2.40. The fourth-order valence-electron chi connectivity index (χ4n) is 3.14. The number of primary amides is 1. The van der Waals surface area contributed by atoms with E-state index >= 15 is 0 Å². The minimum Gasteiger partial charge on any atom is -0.472 e. The van der Waals surface area contributed by atoms with Crippen molar-refractivity contribution in [1.82, 2.24) is 20.3 Å². The maximum absolute atomic E-state index is 14.4. The molecule has 1 aliphatic carbocycles. The molecule has 0 unspecified atom stereocenters. The highest BCUT2D eigenvalue weighted by molar-refractivity contribution is 5.71. The van der Waals surface area contributed by atoms with Crippen LogP contribution in [0.1, 0.15) is 32.6 Å². The smallest absolute Gasteiger partial charge is 0.312 e. The predicted octanol–water partition coefficient (Wildman–Crippen LogP) is 2.58. The number of aromatic nitrogens is 3. The van der Waals surface area contributed by atoms with Crippen molar-refractivity contribution in [3.8, 4) is 17.3 Å². The first-order valence-corrected chi connectivity index (χ1v) is 9.38. The number of amides is 2. The first-order chi connectivity index (χ1) is 13.9. The SMILES string of the molecule is C[C@@H](COC1CCC(Oc2ncc(-c3ncc(F)cn3)cc2F)CC1)NC(N)=O. The molecule has 156 valence electrons. The highest BCUT2D eigenvalue weighted by Crippen LogP contribution is 2.27. The predicted molar refractivity (Wildman–Crippen MR) is 100.0 cm³/mol. The molecule has 0 radical (unpaired) electrons. The molecule has 2 amide bonds. The lowest BCUT2D eigenvalue weighted by molar-refractivity contribution is -0.00494. The first kappa shape index (κ1) is 20.8. The highest BCUT2D eigenvalue weighted by Gasteiger charge is 2.25. The Morgan fingerprint density at radius 1 is 1.17 bits per heavy atom. The lowest BCUT2D eigenvalue weighted by atomic mass is 9.95. The number of carbonyl (C=O) groups excluding carboxylic acids is 1. The molecule has 0 bridgehead atoms. The quantitative estimate of drug-likeness (QED) is 0.730. The number of ether oxygens (including phenoxy) is 2. The molecule has 8 nitrogen and oxygen atoms in total. The minimum absolute atomic E-state index is 0.0581. The first-order valence-electron chi connectivity index (χ1n) is 9.38. The third-order valence-corrected chi connectivity index (χ3v) is 4.56. The van der Waals surface area contributed by atoms with Gasteiger partial charge in [0.1, 0.15) is 6.10 Å². The Hall–Kier alpha value is -2.88. The fourth-order valence-corrected chi connectivity index (χ4v) is 3.14. The normalized spacial score (nSPS) is 20.1. The number of nitrogens with two attached hydrogens (primary N) is 1. The second-order valence-corrected chi connectivity index (χ2v) is 7.00. The van der Waals surface area contributed by atoms with E-state index in [1.165, 1.54) is 12.3 Å². The van der Waals surface area contributed by atoms with E-state index in [0.717, 1.165) is 25.2 Å². The van der Waals surface area contributed by atoms with E-state index in [2.05, 4.69) is 20.3 Å². The Labute approximate surface area is 166 Å². The number of carbonyl (C=O) groups is 1. The van der Waals surface area contributed by atoms with Crippen LogP contribution in [0.5, 0.6) is 5.88 Å². The number of nitrogens with one attached hydrogen (secondary N) is 1. The van der Waals surface area contributed by atoms with Crippen LogP contribution in [0.2, 0.25) is 0 Å². The maximum atomic E-state index is 14.4. The topological polar surface area (TPSA) is 112 Å². The van der Waals surface area contributed by atoms with Gasteiger partial charge in [-0.25, -0.2) is 28.5 Å². The van der Waals surface area contributed by atoms with Crippen molar-refractivity contribution in [3.63, 3.8) is 0 Å². The van der Waals surface area contributed by atoms with E-state index in [9.17, 15) is 13.6 Å². The van der Waals surface area contributed by atoms with Crippen LogP contribution in [0.25, 0.3) is 11.4 Å². The van der Waals surface area contributed by atoms with Crippen LogP contribution in [-0.4, -0.2) is 45.8 Å². The third kappa shape index (κ3) is 6.05. The zero-order chi connectivity index (χ0) is 20.8. The van der Waals surface area contributed by atoms with E-state index in [1.54, 1.807) is 0 Å². The van der Waals surface area contributed by atoms with Gasteiger partial charge in [-0.1, -0.05) is 0 Å². The van der Waals surface area contributed by atoms with Crippen LogP contribution in [0.15, 0.2) is 24.7 Å². The van der Waals surface area contributed by atoms with Gasteiger partial charge in [-0.05, 0) is 38.7 Å². The van der Waals surface area contributed by atoms with E-state index in [1.807, 2.05) is 6.92 Å². The van der Waals surface area contributed by atoms with Crippen molar-refractivity contribution in [3.05, 3.63) is 36.3 Å². The van der Waals surface area contributed by atoms with Gasteiger partial charge in [-0.2, -0.15) is 0 Å². The molecular formula is C19H23F2N5O3. The van der Waals surface area contributed by atoms with Crippen molar-refractivity contribution in [1.29, 1.82) is 0 Å². The molecule has 0 aromatic carbocycles. The highest BCUT2D eigenvalue weighted by atomic mass is 19.1. The number of hydrogen-bond acceptors (Lipinski definition) is 6. The molecule has 2 aromatic heterocycles. The second kappa shape index (κ2) is 9.55. The standard InChI is InChI=1S/C19H23F2N5O3/c1-11(26-19(22)27)10-28-14-2-4-15(5-3-14)29-18-16(21)6-12(7-25-18)17-23-8-13(20)9-24-17/h6-9,11,14-15H,2-5,10H2,1H3,(H3,22,26,27)/t11-,14?,15?/m0/s1. The van der Waals surface area contributed by atoms with Gasteiger partial charge < -0.3 is 20.5 Å². The summed E-state index contributed by atoms with van der Waals surface area (Å²) in [5.41, 5.74) is 5.41. The maximum Gasteiger partial charge on any atom is 0.312 e. The third-order valence-electron chi connectivity index (χ3n) is 4.56. The summed E-state index contributed by atoms with van der Waals surface area (Å²) in [7, 11) is 0. The van der Waals surface area contributed by atoms with Gasteiger partial charge in [0.2, 0.25) is 0 Å². The Morgan fingerprint density at radius 3 is 2.45 bits per heavy atom. The zero-order valence-corrected chi connectivity index (χ0v) is 16.0. The zero-order valence-electron chi connectivity index (χ0n) is 16.0. The van der Waals surface area contributed by atoms with E-state index < -0.39 is 17.7 Å². The van der Waals surface area contributed by atoms with Gasteiger partial charge in [0.25, 0.3) is 5.88 Å². The molecule has 0 saturated heterocycles. The van der Waals surface area contributed by atoms with E-state index in [0.29, 0.717) is 25.0 Å². The van der Waals surface area contributed by atoms with Crippen LogP contribution in [0, 0.1) is 11.6 Å². The number of rotatable bonds is 7. The summed E-state index contributed by atoms with van der Waals surface area (Å²) in [6.07, 6.45) is 6.24. The molecule has 1 saturated carbocycles. The minimum atomic E-state index is -0.625. The molecule has 10 heteroatoms. The number of pyridine rings is 1. The Morgan fingerprint density at radius 2 is 1.83 bits per heavy atom. The van der Waals surface area contributed by atoms with Crippen LogP contribution in [0.4, 0.5) is 13.6 Å². The molecule has 0 spiro atoms. The van der Waals surface area contributed by atoms with E-state index in [-0.39, 0.29) is 30.0 Å². The number of nitrogens with zero attached hydrogens (tertiary/aromatic N) is 3. The van der Waals surface area contributed by atoms with Gasteiger partial charge in [-0.15, -0.1) is 0 Å². The Balaban J connectivity index is 1.49. The second-order valence-electron chi connectivity index (χ2n) is 7.00. The molecule has 3 N–H and O–H groups in total. The lowest BCUT2D eigenvalue weighted by Gasteiger charge is -2.29. The van der Waals surface area contributed by atoms with Gasteiger partial charge >= 0.3 is 6.03 Å². The van der Waals surface area contributed by atoms with Gasteiger partial charge in [0.05, 0.1) is 31.1 Å². The van der Waals surface area contributed by atoms with Gasteiger partial charge in [0, 0.05) is 11.8 Å². The Bertz CT molecular complexity index is 829. The molecular weight excluding hydrogens is 384 g/mol. The number of halogens is 2. The number of hydrogen-bond donors (Lipinski definition) is 2. The van der Waals surface area contributed by atoms with Crippen molar-refractivity contribution in [2.45, 2.75) is 50.9 Å². The molecule has 1 atom stereocenters. The van der Waals surface area contributed by atoms with Crippen LogP contribution < -0.4 is 15.8 Å². The number of urea groups is 1. The van der Waals surface area contributed by atoms with Gasteiger partial charge in [-0.3, -0.25) is 0 Å². The molecule has 1 fully saturated rings. The summed E-state index contributed by atoms with van der Waals surface area (Å²) in [6, 6.07) is 0.477.